The third-order valence-electron chi connectivity index (χ3n) is 2.90. The Morgan fingerprint density at radius 1 is 1.20 bits per heavy atom. The molecule has 2 heterocycles. The number of hydrogen-bond donors (Lipinski definition) is 0. The molecule has 20 heavy (non-hydrogen) atoms. The summed E-state index contributed by atoms with van der Waals surface area (Å²) in [6, 6.07) is 9.37. The average Bonchev–Trinajstić information content (AvgIpc) is 2.45. The van der Waals surface area contributed by atoms with Gasteiger partial charge in [-0.15, -0.1) is 0 Å². The number of carbonyl (C=O) groups is 1. The highest BCUT2D eigenvalue weighted by Gasteiger charge is 2.22. The molecule has 2 aromatic rings. The number of hydrogen-bond acceptors (Lipinski definition) is 3. The molecule has 2 rings (SSSR count). The molecule has 0 N–H and O–H groups in total. The second-order valence-electron chi connectivity index (χ2n) is 4.68. The zero-order chi connectivity index (χ0) is 14.5. The van der Waals surface area contributed by atoms with Crippen LogP contribution in [0.1, 0.15) is 30.0 Å². The van der Waals surface area contributed by atoms with Gasteiger partial charge >= 0.3 is 0 Å². The van der Waals surface area contributed by atoms with E-state index in [4.69, 9.17) is 0 Å². The summed E-state index contributed by atoms with van der Waals surface area (Å²) in [5.41, 5.74) is 1.29. The number of nitrogens with zero attached hydrogens (tertiary/aromatic N) is 3. The number of halogens is 1. The first kappa shape index (κ1) is 14.7. The number of carbonyl (C=O) groups excluding carboxylic acids is 1. The minimum atomic E-state index is -0.0990. The van der Waals surface area contributed by atoms with Crippen LogP contribution >= 0.6 is 15.9 Å². The summed E-state index contributed by atoms with van der Waals surface area (Å²) in [4.78, 5) is 22.8. The molecule has 104 valence electrons. The van der Waals surface area contributed by atoms with Gasteiger partial charge in [-0.1, -0.05) is 6.07 Å². The van der Waals surface area contributed by atoms with Gasteiger partial charge in [0.2, 0.25) is 0 Å². The Hall–Kier alpha value is -1.75. The van der Waals surface area contributed by atoms with E-state index < -0.39 is 0 Å². The fraction of sp³-hybridized carbons (Fsp3) is 0.267. The molecule has 0 aromatic carbocycles. The van der Waals surface area contributed by atoms with E-state index in [0.29, 0.717) is 16.7 Å². The largest absolute Gasteiger partial charge is 0.329 e. The number of amides is 1. The topological polar surface area (TPSA) is 46.1 Å². The first-order chi connectivity index (χ1) is 9.59. The molecule has 0 saturated heterocycles. The first-order valence-electron chi connectivity index (χ1n) is 6.41. The van der Waals surface area contributed by atoms with Crippen molar-refractivity contribution < 1.29 is 4.79 Å². The fourth-order valence-electron chi connectivity index (χ4n) is 1.83. The van der Waals surface area contributed by atoms with E-state index in [0.717, 1.165) is 5.69 Å². The zero-order valence-electron chi connectivity index (χ0n) is 11.5. The highest BCUT2D eigenvalue weighted by molar-refractivity contribution is 9.10. The van der Waals surface area contributed by atoms with E-state index in [-0.39, 0.29) is 11.9 Å². The lowest BCUT2D eigenvalue weighted by atomic mass is 10.2. The second-order valence-corrected chi connectivity index (χ2v) is 5.54. The molecule has 0 bridgehead atoms. The molecule has 0 aliphatic carbocycles. The second kappa shape index (κ2) is 6.61. The van der Waals surface area contributed by atoms with E-state index in [9.17, 15) is 4.79 Å². The van der Waals surface area contributed by atoms with Crippen LogP contribution in [0.4, 0.5) is 0 Å². The van der Waals surface area contributed by atoms with Gasteiger partial charge in [-0.3, -0.25) is 9.78 Å². The maximum absolute atomic E-state index is 12.6. The van der Waals surface area contributed by atoms with Gasteiger partial charge in [-0.2, -0.15) is 0 Å². The SMILES string of the molecule is CC(C)N(Cc1ccccn1)C(=O)c1ncccc1Br. The van der Waals surface area contributed by atoms with Crippen molar-refractivity contribution in [3.8, 4) is 0 Å². The maximum atomic E-state index is 12.6. The Balaban J connectivity index is 2.25. The van der Waals surface area contributed by atoms with Gasteiger partial charge in [0.05, 0.1) is 12.2 Å². The van der Waals surface area contributed by atoms with E-state index in [2.05, 4.69) is 25.9 Å². The monoisotopic (exact) mass is 333 g/mol. The van der Waals surface area contributed by atoms with Crippen LogP contribution in [0.3, 0.4) is 0 Å². The molecular weight excluding hydrogens is 318 g/mol. The number of rotatable bonds is 4. The highest BCUT2D eigenvalue weighted by atomic mass is 79.9. The minimum Gasteiger partial charge on any atom is -0.329 e. The van der Waals surface area contributed by atoms with Crippen LogP contribution < -0.4 is 0 Å². The Morgan fingerprint density at radius 3 is 2.55 bits per heavy atom. The fourth-order valence-corrected chi connectivity index (χ4v) is 2.26. The van der Waals surface area contributed by atoms with Crippen LogP contribution in [0.25, 0.3) is 0 Å². The van der Waals surface area contributed by atoms with Crippen molar-refractivity contribution >= 4 is 21.8 Å². The summed E-state index contributed by atoms with van der Waals surface area (Å²) >= 11 is 3.37. The molecule has 4 nitrogen and oxygen atoms in total. The van der Waals surface area contributed by atoms with Crippen LogP contribution in [0.15, 0.2) is 47.2 Å². The van der Waals surface area contributed by atoms with Crippen molar-refractivity contribution in [1.82, 2.24) is 14.9 Å². The lowest BCUT2D eigenvalue weighted by Crippen LogP contribution is -2.37. The molecule has 0 unspecified atom stereocenters. The molecule has 5 heteroatoms. The van der Waals surface area contributed by atoms with Crippen LogP contribution in [0.5, 0.6) is 0 Å². The third-order valence-corrected chi connectivity index (χ3v) is 3.54. The predicted octanol–water partition coefficient (Wildman–Crippen LogP) is 3.29. The molecular formula is C15H16BrN3O. The van der Waals surface area contributed by atoms with Crippen molar-refractivity contribution in [1.29, 1.82) is 0 Å². The van der Waals surface area contributed by atoms with Crippen molar-refractivity contribution in [2.24, 2.45) is 0 Å². The van der Waals surface area contributed by atoms with Crippen molar-refractivity contribution in [2.45, 2.75) is 26.4 Å². The molecule has 0 saturated carbocycles. The summed E-state index contributed by atoms with van der Waals surface area (Å²) in [5.74, 6) is -0.0990. The summed E-state index contributed by atoms with van der Waals surface area (Å²) in [7, 11) is 0. The number of aromatic nitrogens is 2. The summed E-state index contributed by atoms with van der Waals surface area (Å²) in [5, 5.41) is 0. The Bertz CT molecular complexity index is 587. The van der Waals surface area contributed by atoms with Gasteiger partial charge < -0.3 is 4.90 Å². The molecule has 1 amide bonds. The Kier molecular flexibility index (Phi) is 4.84. The van der Waals surface area contributed by atoms with Gasteiger partial charge in [-0.05, 0) is 54.0 Å². The van der Waals surface area contributed by atoms with Crippen molar-refractivity contribution in [3.05, 3.63) is 58.6 Å². The summed E-state index contributed by atoms with van der Waals surface area (Å²) in [6.45, 7) is 4.44. The third kappa shape index (κ3) is 3.42. The zero-order valence-corrected chi connectivity index (χ0v) is 13.0. The first-order valence-corrected chi connectivity index (χ1v) is 7.20. The standard InChI is InChI=1S/C15H16BrN3O/c1-11(2)19(10-12-6-3-4-8-17-12)15(20)14-13(16)7-5-9-18-14/h3-9,11H,10H2,1-2H3. The van der Waals surface area contributed by atoms with Gasteiger partial charge in [-0.25, -0.2) is 4.98 Å². The van der Waals surface area contributed by atoms with Crippen LogP contribution in [-0.2, 0) is 6.54 Å². The molecule has 0 aliphatic rings. The van der Waals surface area contributed by atoms with Gasteiger partial charge in [0.15, 0.2) is 0 Å². The normalized spacial score (nSPS) is 10.6. The quantitative estimate of drug-likeness (QED) is 0.862. The predicted molar refractivity (Wildman–Crippen MR) is 81.2 cm³/mol. The van der Waals surface area contributed by atoms with E-state index in [1.54, 1.807) is 23.4 Å². The van der Waals surface area contributed by atoms with E-state index >= 15 is 0 Å². The van der Waals surface area contributed by atoms with Crippen molar-refractivity contribution in [2.75, 3.05) is 0 Å². The lowest BCUT2D eigenvalue weighted by molar-refractivity contribution is 0.0680. The lowest BCUT2D eigenvalue weighted by Gasteiger charge is -2.26. The average molecular weight is 334 g/mol. The van der Waals surface area contributed by atoms with Gasteiger partial charge in [0.1, 0.15) is 5.69 Å². The van der Waals surface area contributed by atoms with E-state index in [1.807, 2.05) is 38.1 Å². The highest BCUT2D eigenvalue weighted by Crippen LogP contribution is 2.18. The molecule has 0 spiro atoms. The number of pyridine rings is 2. The van der Waals surface area contributed by atoms with Crippen LogP contribution in [0, 0.1) is 0 Å². The Labute approximate surface area is 127 Å². The summed E-state index contributed by atoms with van der Waals surface area (Å²) in [6.07, 6.45) is 3.35. The molecule has 2 aromatic heterocycles. The van der Waals surface area contributed by atoms with E-state index in [1.165, 1.54) is 0 Å². The Morgan fingerprint density at radius 2 is 1.95 bits per heavy atom. The van der Waals surface area contributed by atoms with Crippen LogP contribution in [-0.4, -0.2) is 26.8 Å². The molecule has 0 radical (unpaired) electrons. The minimum absolute atomic E-state index is 0.0680. The molecule has 0 atom stereocenters. The van der Waals surface area contributed by atoms with Gasteiger partial charge in [0, 0.05) is 22.9 Å². The van der Waals surface area contributed by atoms with Crippen molar-refractivity contribution in [3.63, 3.8) is 0 Å². The van der Waals surface area contributed by atoms with Crippen LogP contribution in [0.2, 0.25) is 0 Å². The molecule has 0 aliphatic heterocycles. The molecule has 0 fully saturated rings. The summed E-state index contributed by atoms with van der Waals surface area (Å²) < 4.78 is 0.705. The maximum Gasteiger partial charge on any atom is 0.274 e. The smallest absolute Gasteiger partial charge is 0.274 e. The van der Waals surface area contributed by atoms with Gasteiger partial charge in [0.25, 0.3) is 5.91 Å².